The normalized spacial score (nSPS) is 30.7. The predicted octanol–water partition coefficient (Wildman–Crippen LogP) is -15.7. The molecule has 0 amide bonds. The first-order valence-corrected chi connectivity index (χ1v) is 47.9. The molecule has 0 aromatic rings. The lowest BCUT2D eigenvalue weighted by molar-refractivity contribution is -0.349. The van der Waals surface area contributed by atoms with E-state index in [4.69, 9.17) is 55.7 Å². The molecule has 4 saturated heterocycles. The van der Waals surface area contributed by atoms with E-state index in [0.717, 1.165) is 0 Å². The zero-order valence-electron chi connectivity index (χ0n) is 54.6. The highest BCUT2D eigenvalue weighted by Crippen LogP contribution is 2.40. The Hall–Kier alpha value is -2.20. The fraction of sp³-hybridized carbons (Fsp3) is 1.00. The molecule has 0 unspecified atom stereocenters. The van der Waals surface area contributed by atoms with Crippen molar-refractivity contribution in [1.29, 1.82) is 0 Å². The predicted molar refractivity (Wildman–Crippen MR) is 336 cm³/mol. The van der Waals surface area contributed by atoms with Crippen LogP contribution in [0.2, 0.25) is 0 Å². The summed E-state index contributed by atoms with van der Waals surface area (Å²) in [4.78, 5) is 0. The molecule has 115 heavy (non-hydrogen) atoms. The van der Waals surface area contributed by atoms with E-state index in [1.165, 1.54) is 0 Å². The number of thiol groups is 7. The zero-order valence-corrected chi connectivity index (χ0v) is 68.2. The summed E-state index contributed by atoms with van der Waals surface area (Å²) in [7, 11) is -86.8. The molecule has 0 bridgehead atoms. The van der Waals surface area contributed by atoms with Gasteiger partial charge in [-0.25, -0.2) is 96.6 Å². The van der Waals surface area contributed by atoms with Gasteiger partial charge in [0.1, 0.15) is 97.7 Å². The third-order valence-corrected chi connectivity index (χ3v) is 20.5. The Labute approximate surface area is 657 Å². The summed E-state index contributed by atoms with van der Waals surface area (Å²) in [5, 5.41) is 0. The van der Waals surface area contributed by atoms with Gasteiger partial charge in [-0.3, -0.25) is 70.3 Å². The quantitative estimate of drug-likeness (QED) is 0.0199. The first-order chi connectivity index (χ1) is 52.3. The van der Waals surface area contributed by atoms with Crippen molar-refractivity contribution in [1.82, 2.24) is 0 Å². The molecule has 4 aliphatic rings. The van der Waals surface area contributed by atoms with Gasteiger partial charge in [0.05, 0.1) is 39.6 Å². The van der Waals surface area contributed by atoms with Crippen LogP contribution in [-0.2, 0) is 285 Å². The molecule has 0 aromatic carbocycles. The molecule has 0 saturated carbocycles. The number of ether oxygens (including phenoxy) is 10. The van der Waals surface area contributed by atoms with Gasteiger partial charge in [-0.2, -0.15) is 75.8 Å². The van der Waals surface area contributed by atoms with Crippen molar-refractivity contribution < 1.29 is 290 Å². The van der Waals surface area contributed by atoms with E-state index in [1.807, 2.05) is 0 Å². The van der Waals surface area contributed by atoms with Gasteiger partial charge in [-0.05, 0) is 0 Å². The lowest BCUT2D eigenvalue weighted by Gasteiger charge is -2.48. The van der Waals surface area contributed by atoms with Crippen LogP contribution in [0.15, 0.2) is 0 Å². The van der Waals surface area contributed by atoms with Crippen LogP contribution >= 0.6 is 0 Å². The maximum atomic E-state index is 12.7. The van der Waals surface area contributed by atoms with Crippen LogP contribution in [0.5, 0.6) is 0 Å². The van der Waals surface area contributed by atoms with Crippen molar-refractivity contribution >= 4 is 170 Å². The lowest BCUT2D eigenvalue weighted by atomic mass is 9.97. The largest absolute Gasteiger partial charge is 0.397 e. The van der Waals surface area contributed by atoms with Gasteiger partial charge in [0.2, 0.25) is 0 Å². The van der Waals surface area contributed by atoms with Gasteiger partial charge < -0.3 is 47.4 Å². The molecular formula is C32H58O67S16. The summed E-state index contributed by atoms with van der Waals surface area (Å²) < 4.78 is 603. The third-order valence-electron chi connectivity index (χ3n) is 13.5. The minimum absolute atomic E-state index is 0.423. The molecule has 4 heterocycles. The van der Waals surface area contributed by atoms with E-state index in [9.17, 15) is 176 Å². The maximum absolute atomic E-state index is 12.7. The number of methoxy groups -OCH3 is 2. The first-order valence-electron chi connectivity index (χ1n) is 27.9. The van der Waals surface area contributed by atoms with Gasteiger partial charge in [0, 0.05) is 14.2 Å². The Morgan fingerprint density at radius 2 is 0.557 bits per heavy atom. The smallest absolute Gasteiger partial charge is 0.376 e. The van der Waals surface area contributed by atoms with Crippen LogP contribution in [0.4, 0.5) is 0 Å². The summed E-state index contributed by atoms with van der Waals surface area (Å²) in [5.41, 5.74) is 0. The van der Waals surface area contributed by atoms with Crippen LogP contribution in [0.3, 0.4) is 0 Å². The van der Waals surface area contributed by atoms with Crippen molar-refractivity contribution in [3.63, 3.8) is 0 Å². The van der Waals surface area contributed by atoms with Gasteiger partial charge in [-0.15, -0.1) is 0 Å². The Kier molecular flexibility index (Phi) is 40.1. The molecule has 24 atom stereocenters. The molecule has 0 spiro atoms. The highest BCUT2D eigenvalue weighted by atomic mass is 32.3. The fourth-order valence-corrected chi connectivity index (χ4v) is 16.8. The molecule has 0 radical (unpaired) electrons. The van der Waals surface area contributed by atoms with Crippen molar-refractivity contribution in [2.24, 2.45) is 0 Å². The van der Waals surface area contributed by atoms with Gasteiger partial charge >= 0.3 is 93.6 Å². The van der Waals surface area contributed by atoms with Gasteiger partial charge in [0.25, 0.3) is 76.9 Å². The van der Waals surface area contributed by atoms with E-state index >= 15 is 0 Å². The second-order valence-electron chi connectivity index (χ2n) is 20.9. The summed E-state index contributed by atoms with van der Waals surface area (Å²) in [6, 6.07) is 0. The summed E-state index contributed by atoms with van der Waals surface area (Å²) in [6.45, 7) is -11.6. The molecule has 4 fully saturated rings. The molecular weight excluding hydrogens is 1970 g/mol. The minimum Gasteiger partial charge on any atom is -0.376 e. The zero-order chi connectivity index (χ0) is 88.0. The van der Waals surface area contributed by atoms with Gasteiger partial charge in [0.15, 0.2) is 49.6 Å². The second kappa shape index (κ2) is 43.9. The van der Waals surface area contributed by atoms with Crippen molar-refractivity contribution in [2.75, 3.05) is 53.9 Å². The van der Waals surface area contributed by atoms with E-state index in [-0.39, 0.29) is 0 Å². The Morgan fingerprint density at radius 1 is 0.287 bits per heavy atom. The van der Waals surface area contributed by atoms with Crippen LogP contribution in [0, 0.1) is 0 Å². The van der Waals surface area contributed by atoms with Crippen LogP contribution < -0.4 is 0 Å². The lowest BCUT2D eigenvalue weighted by Crippen LogP contribution is -2.67. The molecule has 4 rings (SSSR count). The minimum atomic E-state index is -6.43. The topological polar surface area (TPSA) is 968 Å². The Bertz CT molecular complexity index is 4910. The molecule has 83 heteroatoms. The number of hydrogen-bond acceptors (Lipinski definition) is 58. The molecule has 0 aromatic heterocycles. The number of rotatable bonds is 51. The van der Waals surface area contributed by atoms with Crippen LogP contribution in [0.25, 0.3) is 0 Å². The van der Waals surface area contributed by atoms with Crippen LogP contribution in [-0.4, -0.2) is 377 Å². The Balaban J connectivity index is 1.97. The second-order valence-corrected chi connectivity index (χ2v) is 35.2. The average molecular weight is 2030 g/mol. The molecule has 0 aliphatic carbocycles. The van der Waals surface area contributed by atoms with Crippen molar-refractivity contribution in [3.8, 4) is 0 Å². The highest BCUT2D eigenvalue weighted by molar-refractivity contribution is 7.83. The molecule has 67 nitrogen and oxygen atoms in total. The fourth-order valence-electron chi connectivity index (χ4n) is 10.1. The van der Waals surface area contributed by atoms with Crippen LogP contribution in [0.1, 0.15) is 0 Å². The van der Waals surface area contributed by atoms with Gasteiger partial charge in [-0.1, -0.05) is 0 Å². The average Bonchev–Trinajstić information content (AvgIpc) is 0.763. The van der Waals surface area contributed by atoms with Crippen molar-refractivity contribution in [2.45, 2.75) is 147 Å². The summed E-state index contributed by atoms with van der Waals surface area (Å²) in [6.07, 6.45) is -75.0. The maximum Gasteiger partial charge on any atom is 0.397 e. The standard InChI is InChI=1S/C32H58O67S16/c1-74-15(13(88-102(37)38)3-76-30-27(98-114(68,69)70)21(89-103(39)40)17(11(83-30)7-80-107(47,48)49)86-31-25(91-105(43)44)22(90-104(41)42)19(94-110(56,57)58)12(85-31)8-81-108(50,51)52)16(75-2)14(93-109(53,54)55)4-77-29-26(92-106(45)46)23(96-112(62,63)64)18(9(82-29)5-78-100(33)34)87-32-28(99-115(71,72)73)24(97-113(65,66)67)20(95-111(59,60)61)10(84-32)6-79-101(35)36/h9-32,100-106H,3-8H2,1-2H3,(H,47,48,49)(H,50,51,52)(H,53,54,55)(H,56,57,58)(H,59,60,61)(H,62,63,64)(H,65,66,67)(H,68,69,70)(H,71,72,73)/t9-,10-,11-,12-,13-,14-,15-,16-,17-,18-,19+,20+,21+,22+,23+,24+,25-,26-,27-,28-,29-,30-,31+,32+/m1/s1. The molecule has 684 valence electrons. The van der Waals surface area contributed by atoms with E-state index in [1.54, 1.807) is 0 Å². The first kappa shape index (κ1) is 105. The highest BCUT2D eigenvalue weighted by Gasteiger charge is 2.61. The summed E-state index contributed by atoms with van der Waals surface area (Å²) in [5.74, 6) is 0. The SMILES string of the molecule is CO[C@@H]([C@H](OC)[C@@H](CO[C@@H]1O[C@H](CO[SH](=O)=O)[C@@H](O[C@@H]2O[C@H](CO[SH](=O)=O)[C@H](OS(=O)(=O)O)[C@H](OS(=O)(=O)O)[C@H]2OS(=O)(=O)O)[C@H](OS(=O)(=O)O)[C@H]1O[SH](=O)=O)OS(=O)(=O)O)[C@@H](CO[C@@H]1O[C@H](COS(=O)(=O)O)[C@@H](O[C@@H]2O[C@H](COS(=O)(=O)O)[C@H](OS(=O)(=O)O)[C@H](O[SH](=O)=O)[C@H]2O[SH](=O)=O)[C@H](O[SH](=O)=O)[C@H]1OS(=O)(=O)O)O[SH](=O)=O. The van der Waals surface area contributed by atoms with E-state index in [2.05, 4.69) is 58.6 Å². The van der Waals surface area contributed by atoms with E-state index in [0.29, 0.717) is 14.2 Å². The Morgan fingerprint density at radius 3 is 0.913 bits per heavy atom. The third kappa shape index (κ3) is 37.8. The number of hydrogen-bond donors (Lipinski definition) is 16. The summed E-state index contributed by atoms with van der Waals surface area (Å²) >= 11 is 0. The molecule has 9 N–H and O–H groups in total. The molecule has 4 aliphatic heterocycles. The van der Waals surface area contributed by atoms with Crippen molar-refractivity contribution in [3.05, 3.63) is 0 Å². The van der Waals surface area contributed by atoms with E-state index < -0.39 is 357 Å². The monoisotopic (exact) mass is 2030 g/mol.